The SMILES string of the molecule is O=C(O)C1(C2CCOC3(CCCC3)C2)CCOCC1. The van der Waals surface area contributed by atoms with Gasteiger partial charge in [-0.25, -0.2) is 0 Å². The Labute approximate surface area is 114 Å². The standard InChI is InChI=1S/C15H24O4/c16-13(17)15(6-9-18-10-7-15)12-3-8-19-14(11-12)4-1-2-5-14/h12H,1-11H2,(H,16,17). The molecule has 1 unspecified atom stereocenters. The maximum atomic E-state index is 11.9. The molecule has 3 rings (SSSR count). The molecule has 1 saturated carbocycles. The molecular formula is C15H24O4. The summed E-state index contributed by atoms with van der Waals surface area (Å²) in [6, 6.07) is 0. The summed E-state index contributed by atoms with van der Waals surface area (Å²) >= 11 is 0. The number of aliphatic carboxylic acids is 1. The molecule has 2 saturated heterocycles. The molecule has 1 atom stereocenters. The Morgan fingerprint density at radius 3 is 2.37 bits per heavy atom. The predicted molar refractivity (Wildman–Crippen MR) is 70.0 cm³/mol. The van der Waals surface area contributed by atoms with Crippen molar-refractivity contribution < 1.29 is 19.4 Å². The highest BCUT2D eigenvalue weighted by atomic mass is 16.5. The first-order chi connectivity index (χ1) is 9.17. The third-order valence-corrected chi connectivity index (χ3v) is 5.60. The molecule has 0 aromatic carbocycles. The zero-order valence-corrected chi connectivity index (χ0v) is 11.5. The van der Waals surface area contributed by atoms with E-state index >= 15 is 0 Å². The van der Waals surface area contributed by atoms with Crippen molar-refractivity contribution >= 4 is 5.97 Å². The molecule has 4 nitrogen and oxygen atoms in total. The van der Waals surface area contributed by atoms with Gasteiger partial charge in [-0.2, -0.15) is 0 Å². The average Bonchev–Trinajstić information content (AvgIpc) is 2.87. The lowest BCUT2D eigenvalue weighted by Gasteiger charge is -2.47. The number of carbonyl (C=O) groups is 1. The summed E-state index contributed by atoms with van der Waals surface area (Å²) in [6.45, 7) is 1.92. The van der Waals surface area contributed by atoms with Crippen molar-refractivity contribution in [3.8, 4) is 0 Å². The van der Waals surface area contributed by atoms with E-state index in [9.17, 15) is 9.90 Å². The van der Waals surface area contributed by atoms with Crippen molar-refractivity contribution in [2.24, 2.45) is 11.3 Å². The fraction of sp³-hybridized carbons (Fsp3) is 0.933. The zero-order chi connectivity index (χ0) is 13.3. The Bertz CT molecular complexity index is 340. The van der Waals surface area contributed by atoms with Gasteiger partial charge in [0.15, 0.2) is 0 Å². The van der Waals surface area contributed by atoms with Crippen molar-refractivity contribution in [2.45, 2.75) is 57.0 Å². The van der Waals surface area contributed by atoms with Gasteiger partial charge in [0.05, 0.1) is 11.0 Å². The van der Waals surface area contributed by atoms with Gasteiger partial charge in [0.1, 0.15) is 0 Å². The van der Waals surface area contributed by atoms with Crippen molar-refractivity contribution in [3.05, 3.63) is 0 Å². The molecule has 0 amide bonds. The van der Waals surface area contributed by atoms with Crippen LogP contribution in [-0.4, -0.2) is 36.5 Å². The largest absolute Gasteiger partial charge is 0.481 e. The monoisotopic (exact) mass is 268 g/mol. The molecule has 19 heavy (non-hydrogen) atoms. The zero-order valence-electron chi connectivity index (χ0n) is 11.5. The maximum absolute atomic E-state index is 11.9. The third kappa shape index (κ3) is 2.29. The molecule has 4 heteroatoms. The lowest BCUT2D eigenvalue weighted by molar-refractivity contribution is -0.173. The van der Waals surface area contributed by atoms with Gasteiger partial charge in [-0.3, -0.25) is 4.79 Å². The van der Waals surface area contributed by atoms with Gasteiger partial charge in [0, 0.05) is 19.8 Å². The fourth-order valence-corrected chi connectivity index (χ4v) is 4.40. The van der Waals surface area contributed by atoms with Gasteiger partial charge in [-0.15, -0.1) is 0 Å². The van der Waals surface area contributed by atoms with E-state index in [0.29, 0.717) is 26.1 Å². The molecule has 1 aliphatic carbocycles. The van der Waals surface area contributed by atoms with Crippen LogP contribution >= 0.6 is 0 Å². The Balaban J connectivity index is 1.80. The van der Waals surface area contributed by atoms with E-state index in [4.69, 9.17) is 9.47 Å². The van der Waals surface area contributed by atoms with E-state index in [2.05, 4.69) is 0 Å². The highest BCUT2D eigenvalue weighted by Crippen LogP contribution is 2.50. The number of hydrogen-bond donors (Lipinski definition) is 1. The lowest BCUT2D eigenvalue weighted by Crippen LogP contribution is -2.49. The van der Waals surface area contributed by atoms with Crippen LogP contribution in [0.25, 0.3) is 0 Å². The number of ether oxygens (including phenoxy) is 2. The summed E-state index contributed by atoms with van der Waals surface area (Å²) in [5, 5.41) is 9.78. The van der Waals surface area contributed by atoms with Crippen LogP contribution in [0.3, 0.4) is 0 Å². The van der Waals surface area contributed by atoms with Gasteiger partial charge in [-0.1, -0.05) is 12.8 Å². The molecule has 3 aliphatic rings. The molecule has 1 N–H and O–H groups in total. The number of hydrogen-bond acceptors (Lipinski definition) is 3. The van der Waals surface area contributed by atoms with E-state index in [1.165, 1.54) is 12.8 Å². The Morgan fingerprint density at radius 1 is 1.05 bits per heavy atom. The van der Waals surface area contributed by atoms with Gasteiger partial charge < -0.3 is 14.6 Å². The van der Waals surface area contributed by atoms with E-state index in [-0.39, 0.29) is 11.5 Å². The summed E-state index contributed by atoms with van der Waals surface area (Å²) in [4.78, 5) is 11.9. The summed E-state index contributed by atoms with van der Waals surface area (Å²) in [5.41, 5.74) is -0.554. The fourth-order valence-electron chi connectivity index (χ4n) is 4.40. The van der Waals surface area contributed by atoms with Crippen LogP contribution in [0.2, 0.25) is 0 Å². The first-order valence-electron chi connectivity index (χ1n) is 7.62. The van der Waals surface area contributed by atoms with E-state index in [0.717, 1.165) is 32.3 Å². The number of carboxylic acid groups (broad SMARTS) is 1. The van der Waals surface area contributed by atoms with Crippen molar-refractivity contribution in [1.29, 1.82) is 0 Å². The van der Waals surface area contributed by atoms with Crippen molar-refractivity contribution in [1.82, 2.24) is 0 Å². The molecule has 0 bridgehead atoms. The van der Waals surface area contributed by atoms with Gasteiger partial charge in [0.2, 0.25) is 0 Å². The van der Waals surface area contributed by atoms with Crippen LogP contribution in [0.5, 0.6) is 0 Å². The number of rotatable bonds is 2. The summed E-state index contributed by atoms with van der Waals surface area (Å²) in [6.07, 6.45) is 7.89. The third-order valence-electron chi connectivity index (χ3n) is 5.60. The Hall–Kier alpha value is -0.610. The smallest absolute Gasteiger partial charge is 0.310 e. The predicted octanol–water partition coefficient (Wildman–Crippen LogP) is 2.61. The van der Waals surface area contributed by atoms with Crippen LogP contribution in [-0.2, 0) is 14.3 Å². The quantitative estimate of drug-likeness (QED) is 0.836. The van der Waals surface area contributed by atoms with Crippen LogP contribution in [0.15, 0.2) is 0 Å². The minimum atomic E-state index is -0.615. The molecule has 1 spiro atoms. The first-order valence-corrected chi connectivity index (χ1v) is 7.62. The van der Waals surface area contributed by atoms with Gasteiger partial charge in [0.25, 0.3) is 0 Å². The minimum Gasteiger partial charge on any atom is -0.481 e. The van der Waals surface area contributed by atoms with Crippen LogP contribution in [0.1, 0.15) is 51.4 Å². The second-order valence-corrected chi connectivity index (χ2v) is 6.50. The minimum absolute atomic E-state index is 0.00364. The molecule has 108 valence electrons. The molecule has 2 heterocycles. The number of carboxylic acids is 1. The Morgan fingerprint density at radius 2 is 1.74 bits per heavy atom. The van der Waals surface area contributed by atoms with E-state index < -0.39 is 11.4 Å². The normalized spacial score (nSPS) is 33.4. The highest BCUT2D eigenvalue weighted by Gasteiger charge is 2.52. The summed E-state index contributed by atoms with van der Waals surface area (Å²) in [5.74, 6) is -0.350. The second-order valence-electron chi connectivity index (χ2n) is 6.50. The van der Waals surface area contributed by atoms with Crippen LogP contribution in [0, 0.1) is 11.3 Å². The second kappa shape index (κ2) is 5.06. The maximum Gasteiger partial charge on any atom is 0.310 e. The van der Waals surface area contributed by atoms with Crippen molar-refractivity contribution in [2.75, 3.05) is 19.8 Å². The molecule has 3 fully saturated rings. The summed E-state index contributed by atoms with van der Waals surface area (Å²) in [7, 11) is 0. The van der Waals surface area contributed by atoms with E-state index in [1.807, 2.05) is 0 Å². The summed E-state index contributed by atoms with van der Waals surface area (Å²) < 4.78 is 11.4. The highest BCUT2D eigenvalue weighted by molar-refractivity contribution is 5.75. The lowest BCUT2D eigenvalue weighted by atomic mass is 9.64. The first kappa shape index (κ1) is 13.4. The van der Waals surface area contributed by atoms with Crippen LogP contribution < -0.4 is 0 Å². The molecule has 2 aliphatic heterocycles. The van der Waals surface area contributed by atoms with E-state index in [1.54, 1.807) is 0 Å². The van der Waals surface area contributed by atoms with Crippen molar-refractivity contribution in [3.63, 3.8) is 0 Å². The van der Waals surface area contributed by atoms with Crippen LogP contribution in [0.4, 0.5) is 0 Å². The molecule has 0 aromatic heterocycles. The topological polar surface area (TPSA) is 55.8 Å². The van der Waals surface area contributed by atoms with Gasteiger partial charge >= 0.3 is 5.97 Å². The van der Waals surface area contributed by atoms with Gasteiger partial charge in [-0.05, 0) is 44.4 Å². The molecule has 0 radical (unpaired) electrons. The molecular weight excluding hydrogens is 244 g/mol. The molecule has 0 aromatic rings. The Kier molecular flexibility index (Phi) is 3.56. The average molecular weight is 268 g/mol.